The second kappa shape index (κ2) is 3.05. The van der Waals surface area contributed by atoms with Crippen molar-refractivity contribution in [1.29, 1.82) is 0 Å². The highest BCUT2D eigenvalue weighted by Crippen LogP contribution is 2.04. The van der Waals surface area contributed by atoms with Crippen molar-refractivity contribution in [3.05, 3.63) is 0 Å². The van der Waals surface area contributed by atoms with Crippen LogP contribution in [0.5, 0.6) is 0 Å². The summed E-state index contributed by atoms with van der Waals surface area (Å²) < 4.78 is 5.49. The zero-order valence-electron chi connectivity index (χ0n) is 6.56. The number of rotatable bonds is 2. The van der Waals surface area contributed by atoms with Gasteiger partial charge in [-0.3, -0.25) is 0 Å². The van der Waals surface area contributed by atoms with Gasteiger partial charge in [0.2, 0.25) is 0 Å². The Labute approximate surface area is 58.5 Å². The minimum Gasteiger partial charge on any atom is -0.403 e. The predicted molar refractivity (Wildman–Crippen MR) is 42.5 cm³/mol. The van der Waals surface area contributed by atoms with E-state index in [2.05, 4.69) is 5.54 Å². The van der Waals surface area contributed by atoms with Crippen molar-refractivity contribution in [2.24, 2.45) is 0 Å². The molecule has 0 saturated heterocycles. The van der Waals surface area contributed by atoms with Gasteiger partial charge in [-0.05, 0) is 26.9 Å². The third-order valence-corrected chi connectivity index (χ3v) is 2.63. The normalized spacial score (nSPS) is 11.6. The van der Waals surface area contributed by atoms with Crippen molar-refractivity contribution in [3.63, 3.8) is 0 Å². The lowest BCUT2D eigenvalue weighted by Crippen LogP contribution is -2.31. The van der Waals surface area contributed by atoms with Crippen LogP contribution in [0.2, 0.25) is 13.1 Å². The van der Waals surface area contributed by atoms with Crippen LogP contribution in [0.1, 0.15) is 13.8 Å². The van der Waals surface area contributed by atoms with E-state index < -0.39 is 8.32 Å². The molecule has 9 heavy (non-hydrogen) atoms. The van der Waals surface area contributed by atoms with E-state index in [4.69, 9.17) is 10.8 Å². The standard InChI is InChI=1S/C7H14OSi/c1-6-9(4,5)8-7(2)3/h1,7H,2-5H3. The van der Waals surface area contributed by atoms with Gasteiger partial charge >= 0.3 is 0 Å². The monoisotopic (exact) mass is 142 g/mol. The first-order valence-corrected chi connectivity index (χ1v) is 6.04. The molecule has 0 radical (unpaired) electrons. The third-order valence-electron chi connectivity index (χ3n) is 0.878. The number of hydrogen-bond acceptors (Lipinski definition) is 1. The van der Waals surface area contributed by atoms with E-state index in [1.807, 2.05) is 26.9 Å². The van der Waals surface area contributed by atoms with Gasteiger partial charge in [0.05, 0.1) is 0 Å². The maximum Gasteiger partial charge on any atom is 0.265 e. The van der Waals surface area contributed by atoms with Gasteiger partial charge in [-0.15, -0.1) is 12.0 Å². The Kier molecular flexibility index (Phi) is 2.96. The molecule has 0 fully saturated rings. The molecule has 0 aromatic rings. The van der Waals surface area contributed by atoms with Crippen LogP contribution < -0.4 is 0 Å². The Morgan fingerprint density at radius 1 is 1.44 bits per heavy atom. The smallest absolute Gasteiger partial charge is 0.265 e. The van der Waals surface area contributed by atoms with Gasteiger partial charge < -0.3 is 4.43 Å². The second-order valence-electron chi connectivity index (χ2n) is 2.82. The fraction of sp³-hybridized carbons (Fsp3) is 0.714. The average molecular weight is 142 g/mol. The van der Waals surface area contributed by atoms with Gasteiger partial charge in [-0.1, -0.05) is 0 Å². The summed E-state index contributed by atoms with van der Waals surface area (Å²) in [5.74, 6) is 0. The summed E-state index contributed by atoms with van der Waals surface area (Å²) in [5, 5.41) is 0. The summed E-state index contributed by atoms with van der Waals surface area (Å²) in [7, 11) is -1.71. The molecule has 2 heteroatoms. The van der Waals surface area contributed by atoms with Crippen LogP contribution in [0, 0.1) is 12.0 Å². The van der Waals surface area contributed by atoms with Crippen LogP contribution in [0.25, 0.3) is 0 Å². The molecule has 1 nitrogen and oxygen atoms in total. The van der Waals surface area contributed by atoms with Gasteiger partial charge in [-0.25, -0.2) is 0 Å². The van der Waals surface area contributed by atoms with Crippen LogP contribution in [-0.2, 0) is 4.43 Å². The van der Waals surface area contributed by atoms with Gasteiger partial charge in [-0.2, -0.15) is 0 Å². The summed E-state index contributed by atoms with van der Waals surface area (Å²) in [6, 6.07) is 0. The van der Waals surface area contributed by atoms with Crippen LogP contribution in [-0.4, -0.2) is 14.4 Å². The van der Waals surface area contributed by atoms with E-state index in [1.165, 1.54) is 0 Å². The second-order valence-corrected chi connectivity index (χ2v) is 6.37. The zero-order valence-corrected chi connectivity index (χ0v) is 7.56. The van der Waals surface area contributed by atoms with E-state index in [0.29, 0.717) is 0 Å². The summed E-state index contributed by atoms with van der Waals surface area (Å²) in [5.41, 5.74) is 2.69. The molecule has 0 aromatic heterocycles. The molecule has 0 unspecified atom stereocenters. The highest BCUT2D eigenvalue weighted by molar-refractivity contribution is 6.79. The SMILES string of the molecule is C#C[Si](C)(C)OC(C)C. The Morgan fingerprint density at radius 3 is 2.00 bits per heavy atom. The largest absolute Gasteiger partial charge is 0.403 e. The summed E-state index contributed by atoms with van der Waals surface area (Å²) in [6.45, 7) is 8.05. The average Bonchev–Trinajstić information content (AvgIpc) is 1.63. The quantitative estimate of drug-likeness (QED) is 0.422. The Bertz CT molecular complexity index is 121. The molecule has 0 aliphatic heterocycles. The Morgan fingerprint density at radius 2 is 1.89 bits per heavy atom. The van der Waals surface area contributed by atoms with Crippen molar-refractivity contribution in [1.82, 2.24) is 0 Å². The summed E-state index contributed by atoms with van der Waals surface area (Å²) >= 11 is 0. The highest BCUT2D eigenvalue weighted by atomic mass is 28.4. The molecule has 0 heterocycles. The molecule has 0 rings (SSSR count). The van der Waals surface area contributed by atoms with Crippen molar-refractivity contribution in [2.75, 3.05) is 0 Å². The van der Waals surface area contributed by atoms with Crippen molar-refractivity contribution in [2.45, 2.75) is 33.0 Å². The van der Waals surface area contributed by atoms with E-state index >= 15 is 0 Å². The topological polar surface area (TPSA) is 9.23 Å². The predicted octanol–water partition coefficient (Wildman–Crippen LogP) is 1.79. The van der Waals surface area contributed by atoms with Crippen molar-refractivity contribution < 1.29 is 4.43 Å². The molecule has 52 valence electrons. The maximum atomic E-state index is 5.49. The maximum absolute atomic E-state index is 5.49. The fourth-order valence-electron chi connectivity index (χ4n) is 0.623. The Balaban J connectivity index is 3.76. The molecule has 0 aliphatic rings. The van der Waals surface area contributed by atoms with Gasteiger partial charge in [0.25, 0.3) is 8.32 Å². The molecular formula is C7H14OSi. The number of terminal acetylenes is 1. The van der Waals surface area contributed by atoms with Gasteiger partial charge in [0, 0.05) is 6.10 Å². The molecule has 0 aromatic carbocycles. The molecule has 0 amide bonds. The highest BCUT2D eigenvalue weighted by Gasteiger charge is 2.19. The lowest BCUT2D eigenvalue weighted by molar-refractivity contribution is 0.239. The molecule has 0 N–H and O–H groups in total. The van der Waals surface area contributed by atoms with Gasteiger partial charge in [0.1, 0.15) is 0 Å². The lowest BCUT2D eigenvalue weighted by Gasteiger charge is -2.18. The van der Waals surface area contributed by atoms with E-state index in [1.54, 1.807) is 0 Å². The Hall–Kier alpha value is -0.263. The molecular weight excluding hydrogens is 128 g/mol. The summed E-state index contributed by atoms with van der Waals surface area (Å²) in [6.07, 6.45) is 5.51. The first-order chi connectivity index (χ1) is 3.98. The molecule has 0 saturated carbocycles. The minimum absolute atomic E-state index is 0.266. The summed E-state index contributed by atoms with van der Waals surface area (Å²) in [4.78, 5) is 0. The first-order valence-electron chi connectivity index (χ1n) is 3.13. The lowest BCUT2D eigenvalue weighted by atomic mass is 10.5. The van der Waals surface area contributed by atoms with Crippen molar-refractivity contribution >= 4 is 8.32 Å². The van der Waals surface area contributed by atoms with Crippen LogP contribution in [0.3, 0.4) is 0 Å². The molecule has 0 spiro atoms. The van der Waals surface area contributed by atoms with E-state index in [-0.39, 0.29) is 6.10 Å². The fourth-order valence-corrected chi connectivity index (χ4v) is 1.87. The van der Waals surface area contributed by atoms with E-state index in [0.717, 1.165) is 0 Å². The third kappa shape index (κ3) is 4.25. The first kappa shape index (κ1) is 8.74. The zero-order chi connectivity index (χ0) is 7.49. The molecule has 0 aliphatic carbocycles. The van der Waals surface area contributed by atoms with Gasteiger partial charge in [0.15, 0.2) is 0 Å². The van der Waals surface area contributed by atoms with Crippen LogP contribution in [0.4, 0.5) is 0 Å². The number of hydrogen-bond donors (Lipinski definition) is 0. The van der Waals surface area contributed by atoms with Crippen molar-refractivity contribution in [3.8, 4) is 12.0 Å². The minimum atomic E-state index is -1.71. The molecule has 0 atom stereocenters. The van der Waals surface area contributed by atoms with Crippen LogP contribution in [0.15, 0.2) is 0 Å². The van der Waals surface area contributed by atoms with E-state index in [9.17, 15) is 0 Å². The van der Waals surface area contributed by atoms with Crippen LogP contribution >= 0.6 is 0 Å². The molecule has 0 bridgehead atoms.